The molecule has 1 saturated heterocycles. The van der Waals surface area contributed by atoms with Crippen molar-refractivity contribution >= 4 is 0 Å². The van der Waals surface area contributed by atoms with Crippen molar-refractivity contribution in [3.63, 3.8) is 0 Å². The van der Waals surface area contributed by atoms with Crippen molar-refractivity contribution in [1.82, 2.24) is 0 Å². The summed E-state index contributed by atoms with van der Waals surface area (Å²) in [5, 5.41) is 10.1. The van der Waals surface area contributed by atoms with Crippen LogP contribution < -0.4 is 4.74 Å². The van der Waals surface area contributed by atoms with Crippen molar-refractivity contribution in [3.8, 4) is 5.75 Å². The number of halogens is 1. The molecule has 17 heavy (non-hydrogen) atoms. The van der Waals surface area contributed by atoms with Gasteiger partial charge in [0.05, 0.1) is 12.7 Å². The summed E-state index contributed by atoms with van der Waals surface area (Å²) in [4.78, 5) is 0. The van der Waals surface area contributed by atoms with Crippen LogP contribution in [0.4, 0.5) is 4.39 Å². The second kappa shape index (κ2) is 3.96. The Bertz CT molecular complexity index is 427. The van der Waals surface area contributed by atoms with Gasteiger partial charge in [0.25, 0.3) is 0 Å². The maximum Gasteiger partial charge on any atom is 0.135 e. The molecule has 1 spiro atoms. The van der Waals surface area contributed by atoms with Gasteiger partial charge in [0.2, 0.25) is 0 Å². The summed E-state index contributed by atoms with van der Waals surface area (Å²) in [6.07, 6.45) is 1.62. The van der Waals surface area contributed by atoms with E-state index in [0.29, 0.717) is 24.3 Å². The highest BCUT2D eigenvalue weighted by atomic mass is 19.1. The number of aliphatic hydroxyl groups is 1. The molecule has 3 nitrogen and oxygen atoms in total. The molecule has 1 N–H and O–H groups in total. The molecule has 92 valence electrons. The summed E-state index contributed by atoms with van der Waals surface area (Å²) in [5.74, 6) is 0.234. The van der Waals surface area contributed by atoms with Crippen molar-refractivity contribution < 1.29 is 19.0 Å². The third-order valence-electron chi connectivity index (χ3n) is 3.51. The van der Waals surface area contributed by atoms with Crippen LogP contribution in [0, 0.1) is 5.82 Å². The van der Waals surface area contributed by atoms with Gasteiger partial charge < -0.3 is 14.6 Å². The van der Waals surface area contributed by atoms with E-state index in [1.807, 2.05) is 0 Å². The van der Waals surface area contributed by atoms with Gasteiger partial charge in [0.1, 0.15) is 17.2 Å². The average Bonchev–Trinajstić information content (AvgIpc) is 2.31. The molecule has 3 rings (SSSR count). The van der Waals surface area contributed by atoms with Crippen LogP contribution in [-0.4, -0.2) is 23.9 Å². The topological polar surface area (TPSA) is 38.7 Å². The van der Waals surface area contributed by atoms with Crippen LogP contribution >= 0.6 is 0 Å². The van der Waals surface area contributed by atoms with E-state index < -0.39 is 11.7 Å². The van der Waals surface area contributed by atoms with Gasteiger partial charge in [-0.05, 0) is 31.0 Å². The summed E-state index contributed by atoms with van der Waals surface area (Å²) in [7, 11) is 0. The number of benzene rings is 1. The molecule has 1 aromatic rings. The monoisotopic (exact) mass is 238 g/mol. The lowest BCUT2D eigenvalue weighted by atomic mass is 9.85. The van der Waals surface area contributed by atoms with Crippen molar-refractivity contribution in [3.05, 3.63) is 29.6 Å². The number of aliphatic hydroxyl groups excluding tert-OH is 1. The van der Waals surface area contributed by atoms with Crippen molar-refractivity contribution in [2.45, 2.75) is 31.0 Å². The molecule has 0 saturated carbocycles. The highest BCUT2D eigenvalue weighted by Gasteiger charge is 2.42. The fraction of sp³-hybridized carbons (Fsp3) is 0.538. The highest BCUT2D eigenvalue weighted by molar-refractivity contribution is 5.38. The van der Waals surface area contributed by atoms with Gasteiger partial charge in [0, 0.05) is 18.6 Å². The van der Waals surface area contributed by atoms with Gasteiger partial charge in [-0.3, -0.25) is 0 Å². The van der Waals surface area contributed by atoms with Crippen LogP contribution in [0.5, 0.6) is 5.75 Å². The van der Waals surface area contributed by atoms with Crippen LogP contribution in [-0.2, 0) is 4.74 Å². The minimum Gasteiger partial charge on any atom is -0.484 e. The lowest BCUT2D eigenvalue weighted by Crippen LogP contribution is -2.47. The third kappa shape index (κ3) is 1.91. The first-order chi connectivity index (χ1) is 8.19. The zero-order chi connectivity index (χ0) is 11.9. The normalized spacial score (nSPS) is 32.0. The summed E-state index contributed by atoms with van der Waals surface area (Å²) < 4.78 is 24.5. The average molecular weight is 238 g/mol. The van der Waals surface area contributed by atoms with Crippen LogP contribution in [0.2, 0.25) is 0 Å². The Morgan fingerprint density at radius 1 is 1.41 bits per heavy atom. The fourth-order valence-corrected chi connectivity index (χ4v) is 2.68. The first-order valence-corrected chi connectivity index (χ1v) is 5.93. The number of hydrogen-bond acceptors (Lipinski definition) is 3. The molecule has 0 aromatic heterocycles. The second-order valence-electron chi connectivity index (χ2n) is 4.84. The molecule has 1 aromatic carbocycles. The lowest BCUT2D eigenvalue weighted by Gasteiger charge is -2.42. The summed E-state index contributed by atoms with van der Waals surface area (Å²) >= 11 is 0. The minimum atomic E-state index is -0.670. The highest BCUT2D eigenvalue weighted by Crippen LogP contribution is 2.43. The second-order valence-corrected chi connectivity index (χ2v) is 4.84. The first kappa shape index (κ1) is 11.0. The Labute approximate surface area is 99.2 Å². The van der Waals surface area contributed by atoms with E-state index in [9.17, 15) is 9.50 Å². The molecular formula is C13H15FO3. The van der Waals surface area contributed by atoms with Crippen LogP contribution in [0.3, 0.4) is 0 Å². The summed E-state index contributed by atoms with van der Waals surface area (Å²) in [6.45, 7) is 1.25. The molecule has 0 radical (unpaired) electrons. The maximum atomic E-state index is 13.1. The Hall–Kier alpha value is -1.13. The van der Waals surface area contributed by atoms with Crippen molar-refractivity contribution in [2.75, 3.05) is 13.2 Å². The number of ether oxygens (including phenoxy) is 2. The van der Waals surface area contributed by atoms with Gasteiger partial charge >= 0.3 is 0 Å². The molecule has 2 aliphatic rings. The van der Waals surface area contributed by atoms with Crippen molar-refractivity contribution in [1.29, 1.82) is 0 Å². The maximum absolute atomic E-state index is 13.1. The lowest BCUT2D eigenvalue weighted by molar-refractivity contribution is -0.103. The molecule has 1 unspecified atom stereocenters. The van der Waals surface area contributed by atoms with Gasteiger partial charge in [-0.25, -0.2) is 4.39 Å². The first-order valence-electron chi connectivity index (χ1n) is 5.93. The van der Waals surface area contributed by atoms with E-state index in [-0.39, 0.29) is 5.82 Å². The fourth-order valence-electron chi connectivity index (χ4n) is 2.68. The van der Waals surface area contributed by atoms with E-state index in [4.69, 9.17) is 9.47 Å². The standard InChI is InChI=1S/C13H15FO3/c14-9-2-3-12-10(6-9)11(15)7-13(17-12)4-1-5-16-8-13/h2-3,6,11,15H,1,4-5,7-8H2/t11-,13?/m1/s1. The van der Waals surface area contributed by atoms with E-state index in [1.165, 1.54) is 12.1 Å². The largest absolute Gasteiger partial charge is 0.484 e. The summed E-state index contributed by atoms with van der Waals surface area (Å²) in [6, 6.07) is 4.29. The van der Waals surface area contributed by atoms with E-state index in [0.717, 1.165) is 19.4 Å². The van der Waals surface area contributed by atoms with E-state index in [2.05, 4.69) is 0 Å². The van der Waals surface area contributed by atoms with Crippen LogP contribution in [0.1, 0.15) is 30.9 Å². The Morgan fingerprint density at radius 3 is 3.06 bits per heavy atom. The van der Waals surface area contributed by atoms with Gasteiger partial charge in [-0.1, -0.05) is 0 Å². The zero-order valence-electron chi connectivity index (χ0n) is 9.49. The zero-order valence-corrected chi connectivity index (χ0v) is 9.49. The Morgan fingerprint density at radius 2 is 2.29 bits per heavy atom. The summed E-state index contributed by atoms with van der Waals surface area (Å²) in [5.41, 5.74) is 0.115. The molecule has 0 bridgehead atoms. The molecule has 2 heterocycles. The molecule has 4 heteroatoms. The quantitative estimate of drug-likeness (QED) is 0.753. The Balaban J connectivity index is 1.94. The molecule has 0 aliphatic carbocycles. The molecular weight excluding hydrogens is 223 g/mol. The smallest absolute Gasteiger partial charge is 0.135 e. The minimum absolute atomic E-state index is 0.345. The van der Waals surface area contributed by atoms with Gasteiger partial charge in [-0.2, -0.15) is 0 Å². The van der Waals surface area contributed by atoms with Crippen LogP contribution in [0.15, 0.2) is 18.2 Å². The molecule has 2 atom stereocenters. The van der Waals surface area contributed by atoms with Crippen molar-refractivity contribution in [2.24, 2.45) is 0 Å². The Kier molecular flexibility index (Phi) is 2.56. The van der Waals surface area contributed by atoms with E-state index in [1.54, 1.807) is 6.07 Å². The third-order valence-corrected chi connectivity index (χ3v) is 3.51. The van der Waals surface area contributed by atoms with Gasteiger partial charge in [-0.15, -0.1) is 0 Å². The predicted molar refractivity (Wildman–Crippen MR) is 59.4 cm³/mol. The number of hydrogen-bond donors (Lipinski definition) is 1. The predicted octanol–water partition coefficient (Wildman–Crippen LogP) is 2.19. The SMILES string of the molecule is O[C@@H]1CC2(CCCOC2)Oc2ccc(F)cc21. The van der Waals surface area contributed by atoms with E-state index >= 15 is 0 Å². The number of fused-ring (bicyclic) bond motifs is 1. The van der Waals surface area contributed by atoms with Crippen LogP contribution in [0.25, 0.3) is 0 Å². The number of rotatable bonds is 0. The molecule has 2 aliphatic heterocycles. The van der Waals surface area contributed by atoms with Gasteiger partial charge in [0.15, 0.2) is 0 Å². The molecule has 1 fully saturated rings. The molecule has 0 amide bonds.